The van der Waals surface area contributed by atoms with Gasteiger partial charge in [-0.1, -0.05) is 42.5 Å². The van der Waals surface area contributed by atoms with Gasteiger partial charge in [-0.2, -0.15) is 0 Å². The second-order valence-corrected chi connectivity index (χ2v) is 8.81. The van der Waals surface area contributed by atoms with Gasteiger partial charge < -0.3 is 24.9 Å². The minimum Gasteiger partial charge on any atom is -0.492 e. The van der Waals surface area contributed by atoms with Gasteiger partial charge in [-0.3, -0.25) is 14.5 Å². The summed E-state index contributed by atoms with van der Waals surface area (Å²) in [6.45, 7) is 0.0138. The molecule has 8 nitrogen and oxygen atoms in total. The van der Waals surface area contributed by atoms with E-state index in [1.54, 1.807) is 84.9 Å². The maximum absolute atomic E-state index is 15.0. The fraction of sp³-hybridized carbons (Fsp3) is 0.0968. The monoisotopic (exact) mass is 539 g/mol. The first-order valence-electron chi connectivity index (χ1n) is 12.5. The van der Waals surface area contributed by atoms with Crippen molar-refractivity contribution in [3.05, 3.63) is 120 Å². The number of benzene rings is 4. The Labute approximate surface area is 229 Å². The summed E-state index contributed by atoms with van der Waals surface area (Å²) in [7, 11) is 0. The standard InChI is InChI=1S/C31H26FN3O5/c32-28-24-10-4-7-13-27(24)40-29(28)31(37)35(20-39-22-8-2-1-3-9-22)18-19-38-23-16-14-21(15-17-23)30(36)34-26-12-6-5-11-25(26)33/h1-17H,18-20,33H2,(H,34,36). The number of amides is 2. The number of furan rings is 1. The molecule has 202 valence electrons. The highest BCUT2D eigenvalue weighted by molar-refractivity contribution is 6.05. The summed E-state index contributed by atoms with van der Waals surface area (Å²) in [5.74, 6) is -1.06. The number of hydrogen-bond acceptors (Lipinski definition) is 6. The van der Waals surface area contributed by atoms with Crippen LogP contribution in [0.5, 0.6) is 11.5 Å². The number of nitrogen functional groups attached to an aromatic ring is 1. The molecule has 1 heterocycles. The fourth-order valence-corrected chi connectivity index (χ4v) is 3.97. The largest absolute Gasteiger partial charge is 0.492 e. The van der Waals surface area contributed by atoms with Gasteiger partial charge in [0, 0.05) is 5.56 Å². The minimum absolute atomic E-state index is 0.0810. The highest BCUT2D eigenvalue weighted by atomic mass is 19.1. The smallest absolute Gasteiger partial charge is 0.295 e. The van der Waals surface area contributed by atoms with Crippen molar-refractivity contribution in [2.75, 3.05) is 30.9 Å². The Morgan fingerprint density at radius 3 is 2.25 bits per heavy atom. The number of ether oxygens (including phenoxy) is 2. The van der Waals surface area contributed by atoms with E-state index in [1.807, 2.05) is 18.2 Å². The van der Waals surface area contributed by atoms with E-state index in [0.717, 1.165) is 0 Å². The van der Waals surface area contributed by atoms with Gasteiger partial charge in [0.1, 0.15) is 23.7 Å². The number of carbonyl (C=O) groups excluding carboxylic acids is 2. The van der Waals surface area contributed by atoms with Gasteiger partial charge in [0.25, 0.3) is 11.8 Å². The van der Waals surface area contributed by atoms with E-state index in [0.29, 0.717) is 28.4 Å². The highest BCUT2D eigenvalue weighted by Gasteiger charge is 2.26. The summed E-state index contributed by atoms with van der Waals surface area (Å²) >= 11 is 0. The first-order chi connectivity index (χ1) is 19.5. The molecule has 0 saturated carbocycles. The van der Waals surface area contributed by atoms with Crippen molar-refractivity contribution < 1.29 is 27.9 Å². The number of halogens is 1. The zero-order valence-electron chi connectivity index (χ0n) is 21.4. The molecule has 0 unspecified atom stereocenters. The zero-order chi connectivity index (χ0) is 27.9. The molecule has 0 radical (unpaired) electrons. The van der Waals surface area contributed by atoms with Crippen molar-refractivity contribution in [3.8, 4) is 11.5 Å². The molecule has 40 heavy (non-hydrogen) atoms. The lowest BCUT2D eigenvalue weighted by molar-refractivity contribution is 0.0524. The third kappa shape index (κ3) is 6.05. The summed E-state index contributed by atoms with van der Waals surface area (Å²) in [6.07, 6.45) is 0. The SMILES string of the molecule is Nc1ccccc1NC(=O)c1ccc(OCCN(COc2ccccc2)C(=O)c2oc3ccccc3c2F)cc1. The summed E-state index contributed by atoms with van der Waals surface area (Å²) in [4.78, 5) is 27.2. The minimum atomic E-state index is -0.725. The summed E-state index contributed by atoms with van der Waals surface area (Å²) < 4.78 is 32.1. The summed E-state index contributed by atoms with van der Waals surface area (Å²) in [5.41, 5.74) is 7.58. The van der Waals surface area contributed by atoms with Crippen LogP contribution in [0, 0.1) is 5.82 Å². The van der Waals surface area contributed by atoms with E-state index in [4.69, 9.17) is 19.6 Å². The van der Waals surface area contributed by atoms with Crippen LogP contribution in [0.2, 0.25) is 0 Å². The van der Waals surface area contributed by atoms with Crippen molar-refractivity contribution in [2.45, 2.75) is 0 Å². The van der Waals surface area contributed by atoms with Gasteiger partial charge in [-0.05, 0) is 60.7 Å². The molecular weight excluding hydrogens is 513 g/mol. The maximum Gasteiger partial charge on any atom is 0.295 e. The Kier molecular flexibility index (Phi) is 7.92. The molecule has 9 heteroatoms. The third-order valence-corrected chi connectivity index (χ3v) is 6.10. The molecule has 1 aromatic heterocycles. The molecule has 2 amide bonds. The van der Waals surface area contributed by atoms with Crippen LogP contribution < -0.4 is 20.5 Å². The van der Waals surface area contributed by atoms with Crippen molar-refractivity contribution in [3.63, 3.8) is 0 Å². The number of anilines is 2. The van der Waals surface area contributed by atoms with Crippen LogP contribution in [0.1, 0.15) is 20.9 Å². The van der Waals surface area contributed by atoms with Gasteiger partial charge in [-0.25, -0.2) is 4.39 Å². The molecule has 0 bridgehead atoms. The Morgan fingerprint density at radius 1 is 0.825 bits per heavy atom. The summed E-state index contributed by atoms with van der Waals surface area (Å²) in [5, 5.41) is 3.00. The average molecular weight is 540 g/mol. The Morgan fingerprint density at radius 2 is 1.50 bits per heavy atom. The Hall–Kier alpha value is -5.31. The first-order valence-corrected chi connectivity index (χ1v) is 12.5. The Bertz CT molecular complexity index is 1620. The zero-order valence-corrected chi connectivity index (χ0v) is 21.4. The van der Waals surface area contributed by atoms with Crippen LogP contribution >= 0.6 is 0 Å². The third-order valence-electron chi connectivity index (χ3n) is 6.10. The number of carbonyl (C=O) groups is 2. The highest BCUT2D eigenvalue weighted by Crippen LogP contribution is 2.25. The van der Waals surface area contributed by atoms with E-state index in [1.165, 1.54) is 4.90 Å². The molecule has 0 aliphatic carbocycles. The molecule has 0 spiro atoms. The molecule has 4 aromatic carbocycles. The number of nitrogens with zero attached hydrogens (tertiary/aromatic N) is 1. The van der Waals surface area contributed by atoms with E-state index in [-0.39, 0.29) is 36.8 Å². The molecular formula is C31H26FN3O5. The predicted molar refractivity (Wildman–Crippen MR) is 150 cm³/mol. The lowest BCUT2D eigenvalue weighted by atomic mass is 10.2. The fourth-order valence-electron chi connectivity index (χ4n) is 3.97. The number of fused-ring (bicyclic) bond motifs is 1. The van der Waals surface area contributed by atoms with E-state index in [2.05, 4.69) is 5.32 Å². The number of hydrogen-bond donors (Lipinski definition) is 2. The van der Waals surface area contributed by atoms with Crippen LogP contribution in [0.25, 0.3) is 11.0 Å². The topological polar surface area (TPSA) is 107 Å². The van der Waals surface area contributed by atoms with Crippen molar-refractivity contribution in [2.24, 2.45) is 0 Å². The van der Waals surface area contributed by atoms with Crippen molar-refractivity contribution >= 4 is 34.2 Å². The number of nitrogens with two attached hydrogens (primary N) is 1. The van der Waals surface area contributed by atoms with Gasteiger partial charge in [0.2, 0.25) is 5.76 Å². The van der Waals surface area contributed by atoms with E-state index in [9.17, 15) is 9.59 Å². The van der Waals surface area contributed by atoms with Crippen LogP contribution in [-0.4, -0.2) is 36.6 Å². The molecule has 0 fully saturated rings. The Balaban J connectivity index is 1.24. The molecule has 0 aliphatic rings. The quantitative estimate of drug-likeness (QED) is 0.167. The van der Waals surface area contributed by atoms with Crippen molar-refractivity contribution in [1.82, 2.24) is 4.90 Å². The summed E-state index contributed by atoms with van der Waals surface area (Å²) in [6, 6.07) is 29.0. The molecule has 0 aliphatic heterocycles. The van der Waals surface area contributed by atoms with Crippen molar-refractivity contribution in [1.29, 1.82) is 0 Å². The van der Waals surface area contributed by atoms with E-state index >= 15 is 4.39 Å². The normalized spacial score (nSPS) is 10.7. The first kappa shape index (κ1) is 26.3. The molecule has 0 atom stereocenters. The van der Waals surface area contributed by atoms with Crippen LogP contribution in [0.4, 0.5) is 15.8 Å². The van der Waals surface area contributed by atoms with Crippen LogP contribution in [0.3, 0.4) is 0 Å². The van der Waals surface area contributed by atoms with Crippen LogP contribution in [-0.2, 0) is 0 Å². The van der Waals surface area contributed by atoms with Gasteiger partial charge in [0.05, 0.1) is 23.3 Å². The van der Waals surface area contributed by atoms with Crippen LogP contribution in [0.15, 0.2) is 108 Å². The average Bonchev–Trinajstić information content (AvgIpc) is 3.33. The predicted octanol–water partition coefficient (Wildman–Crippen LogP) is 5.96. The molecule has 5 rings (SSSR count). The molecule has 0 saturated heterocycles. The number of para-hydroxylation sites is 4. The van der Waals surface area contributed by atoms with E-state index < -0.39 is 17.5 Å². The number of nitrogens with one attached hydrogen (secondary N) is 1. The lowest BCUT2D eigenvalue weighted by Gasteiger charge is -2.22. The van der Waals surface area contributed by atoms with Gasteiger partial charge >= 0.3 is 0 Å². The van der Waals surface area contributed by atoms with Gasteiger partial charge in [0.15, 0.2) is 12.5 Å². The second kappa shape index (κ2) is 12.0. The maximum atomic E-state index is 15.0. The van der Waals surface area contributed by atoms with Gasteiger partial charge in [-0.15, -0.1) is 0 Å². The molecule has 5 aromatic rings. The molecule has 3 N–H and O–H groups in total. The lowest BCUT2D eigenvalue weighted by Crippen LogP contribution is -2.37. The second-order valence-electron chi connectivity index (χ2n) is 8.81. The number of rotatable bonds is 10.